The molecule has 1 N–H and O–H groups in total. The Balaban J connectivity index is 2.13. The molecule has 2 nitrogen and oxygen atoms in total. The maximum atomic E-state index is 3.54. The van der Waals surface area contributed by atoms with Gasteiger partial charge < -0.3 is 10.2 Å². The molecule has 1 saturated heterocycles. The standard InChI is InChI=1S/C9H20N2/c1-3-11(2)8-9-6-4-5-7-10-9/h9-10H,3-8H2,1-2H3/t9-/m0/s1. The van der Waals surface area contributed by atoms with Crippen molar-refractivity contribution in [2.24, 2.45) is 0 Å². The smallest absolute Gasteiger partial charge is 0.0194 e. The SMILES string of the molecule is CCN(C)C[C@@H]1CCCCN1. The minimum atomic E-state index is 0.758. The molecule has 0 saturated carbocycles. The summed E-state index contributed by atoms with van der Waals surface area (Å²) in [6.07, 6.45) is 4.14. The predicted molar refractivity (Wildman–Crippen MR) is 48.8 cm³/mol. The van der Waals surface area contributed by atoms with Gasteiger partial charge in [0.25, 0.3) is 0 Å². The normalized spacial score (nSPS) is 25.9. The van der Waals surface area contributed by atoms with Gasteiger partial charge in [0.15, 0.2) is 0 Å². The highest BCUT2D eigenvalue weighted by Gasteiger charge is 2.12. The summed E-state index contributed by atoms with van der Waals surface area (Å²) in [4.78, 5) is 2.38. The summed E-state index contributed by atoms with van der Waals surface area (Å²) in [7, 11) is 2.19. The van der Waals surface area contributed by atoms with Crippen LogP contribution in [0, 0.1) is 0 Å². The van der Waals surface area contributed by atoms with Crippen molar-refractivity contribution in [3.63, 3.8) is 0 Å². The minimum Gasteiger partial charge on any atom is -0.313 e. The topological polar surface area (TPSA) is 15.3 Å². The Morgan fingerprint density at radius 3 is 2.82 bits per heavy atom. The fraction of sp³-hybridized carbons (Fsp3) is 1.00. The van der Waals surface area contributed by atoms with Crippen LogP contribution in [0.3, 0.4) is 0 Å². The van der Waals surface area contributed by atoms with Crippen LogP contribution >= 0.6 is 0 Å². The van der Waals surface area contributed by atoms with Gasteiger partial charge >= 0.3 is 0 Å². The molecule has 1 heterocycles. The van der Waals surface area contributed by atoms with Crippen molar-refractivity contribution in [3.05, 3.63) is 0 Å². The highest BCUT2D eigenvalue weighted by Crippen LogP contribution is 2.07. The number of hydrogen-bond donors (Lipinski definition) is 1. The molecule has 0 aromatic carbocycles. The van der Waals surface area contributed by atoms with Gasteiger partial charge in [-0.2, -0.15) is 0 Å². The zero-order valence-electron chi connectivity index (χ0n) is 7.77. The highest BCUT2D eigenvalue weighted by molar-refractivity contribution is 4.74. The number of nitrogens with one attached hydrogen (secondary N) is 1. The Bertz CT molecular complexity index is 97.7. The van der Waals surface area contributed by atoms with E-state index in [0.717, 1.165) is 12.6 Å². The molecule has 0 radical (unpaired) electrons. The van der Waals surface area contributed by atoms with Gasteiger partial charge in [-0.25, -0.2) is 0 Å². The first kappa shape index (κ1) is 9.01. The molecule has 0 bridgehead atoms. The molecule has 66 valence electrons. The van der Waals surface area contributed by atoms with Crippen molar-refractivity contribution in [2.45, 2.75) is 32.2 Å². The van der Waals surface area contributed by atoms with Crippen molar-refractivity contribution >= 4 is 0 Å². The molecule has 2 heteroatoms. The molecule has 0 unspecified atom stereocenters. The lowest BCUT2D eigenvalue weighted by Gasteiger charge is -2.27. The van der Waals surface area contributed by atoms with E-state index in [1.807, 2.05) is 0 Å². The van der Waals surface area contributed by atoms with Gasteiger partial charge in [-0.3, -0.25) is 0 Å². The van der Waals surface area contributed by atoms with E-state index in [4.69, 9.17) is 0 Å². The van der Waals surface area contributed by atoms with Gasteiger partial charge in [-0.15, -0.1) is 0 Å². The summed E-state index contributed by atoms with van der Waals surface area (Å²) in [5.74, 6) is 0. The lowest BCUT2D eigenvalue weighted by atomic mass is 10.0. The van der Waals surface area contributed by atoms with E-state index in [9.17, 15) is 0 Å². The van der Waals surface area contributed by atoms with Gasteiger partial charge in [0, 0.05) is 12.6 Å². The number of likely N-dealkylation sites (N-methyl/N-ethyl adjacent to an activating group) is 1. The first-order valence-electron chi connectivity index (χ1n) is 4.75. The van der Waals surface area contributed by atoms with Crippen molar-refractivity contribution in [3.8, 4) is 0 Å². The number of nitrogens with zero attached hydrogens (tertiary/aromatic N) is 1. The van der Waals surface area contributed by atoms with Crippen LogP contribution in [0.1, 0.15) is 26.2 Å². The van der Waals surface area contributed by atoms with Crippen LogP contribution < -0.4 is 5.32 Å². The third-order valence-electron chi connectivity index (χ3n) is 2.48. The van der Waals surface area contributed by atoms with Crippen LogP contribution in [0.5, 0.6) is 0 Å². The number of rotatable bonds is 3. The molecule has 0 aromatic heterocycles. The average molecular weight is 156 g/mol. The van der Waals surface area contributed by atoms with Crippen LogP contribution in [0.15, 0.2) is 0 Å². The van der Waals surface area contributed by atoms with Crippen molar-refractivity contribution in [2.75, 3.05) is 26.7 Å². The minimum absolute atomic E-state index is 0.758. The fourth-order valence-corrected chi connectivity index (χ4v) is 1.59. The zero-order valence-corrected chi connectivity index (χ0v) is 7.77. The van der Waals surface area contributed by atoms with Crippen LogP contribution in [-0.4, -0.2) is 37.6 Å². The Morgan fingerprint density at radius 2 is 2.27 bits per heavy atom. The van der Waals surface area contributed by atoms with E-state index in [0.29, 0.717) is 0 Å². The third kappa shape index (κ3) is 3.21. The van der Waals surface area contributed by atoms with Gasteiger partial charge in [-0.05, 0) is 33.0 Å². The van der Waals surface area contributed by atoms with Crippen molar-refractivity contribution in [1.82, 2.24) is 10.2 Å². The predicted octanol–water partition coefficient (Wildman–Crippen LogP) is 1.08. The Morgan fingerprint density at radius 1 is 1.45 bits per heavy atom. The summed E-state index contributed by atoms with van der Waals surface area (Å²) in [6, 6.07) is 0.758. The summed E-state index contributed by atoms with van der Waals surface area (Å²) < 4.78 is 0. The lowest BCUT2D eigenvalue weighted by Crippen LogP contribution is -2.42. The molecular formula is C9H20N2. The third-order valence-corrected chi connectivity index (χ3v) is 2.48. The molecule has 1 aliphatic heterocycles. The average Bonchev–Trinajstić information content (AvgIpc) is 2.06. The van der Waals surface area contributed by atoms with Gasteiger partial charge in [0.1, 0.15) is 0 Å². The second kappa shape index (κ2) is 4.73. The first-order chi connectivity index (χ1) is 5.33. The van der Waals surface area contributed by atoms with E-state index >= 15 is 0 Å². The number of piperidine rings is 1. The Kier molecular flexibility index (Phi) is 3.87. The van der Waals surface area contributed by atoms with Gasteiger partial charge in [-0.1, -0.05) is 13.3 Å². The quantitative estimate of drug-likeness (QED) is 0.658. The highest BCUT2D eigenvalue weighted by atomic mass is 15.1. The largest absolute Gasteiger partial charge is 0.313 e. The molecule has 1 aliphatic rings. The second-order valence-corrected chi connectivity index (χ2v) is 3.50. The van der Waals surface area contributed by atoms with E-state index < -0.39 is 0 Å². The maximum absolute atomic E-state index is 3.54. The van der Waals surface area contributed by atoms with Crippen LogP contribution in [0.25, 0.3) is 0 Å². The summed E-state index contributed by atoms with van der Waals surface area (Å²) >= 11 is 0. The molecule has 1 rings (SSSR count). The number of hydrogen-bond acceptors (Lipinski definition) is 2. The van der Waals surface area contributed by atoms with Crippen LogP contribution in [0.2, 0.25) is 0 Å². The molecule has 1 fully saturated rings. The van der Waals surface area contributed by atoms with Gasteiger partial charge in [0.05, 0.1) is 0 Å². The van der Waals surface area contributed by atoms with E-state index in [1.54, 1.807) is 0 Å². The fourth-order valence-electron chi connectivity index (χ4n) is 1.59. The monoisotopic (exact) mass is 156 g/mol. The summed E-state index contributed by atoms with van der Waals surface area (Å²) in [6.45, 7) is 5.82. The Hall–Kier alpha value is -0.0800. The summed E-state index contributed by atoms with van der Waals surface area (Å²) in [5.41, 5.74) is 0. The second-order valence-electron chi connectivity index (χ2n) is 3.50. The molecule has 1 atom stereocenters. The van der Waals surface area contributed by atoms with E-state index in [1.165, 1.54) is 32.4 Å². The molecule has 0 aromatic rings. The molecule has 0 spiro atoms. The zero-order chi connectivity index (χ0) is 8.10. The Labute approximate surface area is 70.0 Å². The maximum Gasteiger partial charge on any atom is 0.0194 e. The lowest BCUT2D eigenvalue weighted by molar-refractivity contribution is 0.272. The van der Waals surface area contributed by atoms with Gasteiger partial charge in [0.2, 0.25) is 0 Å². The summed E-state index contributed by atoms with van der Waals surface area (Å²) in [5, 5.41) is 3.54. The van der Waals surface area contributed by atoms with E-state index in [2.05, 4.69) is 24.2 Å². The molecule has 0 aliphatic carbocycles. The molecule has 0 amide bonds. The van der Waals surface area contributed by atoms with Crippen LogP contribution in [0.4, 0.5) is 0 Å². The molecule has 11 heavy (non-hydrogen) atoms. The molecular weight excluding hydrogens is 136 g/mol. The van der Waals surface area contributed by atoms with Crippen LogP contribution in [-0.2, 0) is 0 Å². The van der Waals surface area contributed by atoms with E-state index in [-0.39, 0.29) is 0 Å². The first-order valence-corrected chi connectivity index (χ1v) is 4.75. The van der Waals surface area contributed by atoms with Crippen molar-refractivity contribution < 1.29 is 0 Å². The van der Waals surface area contributed by atoms with Crippen molar-refractivity contribution in [1.29, 1.82) is 0 Å².